The van der Waals surface area contributed by atoms with Gasteiger partial charge in [-0.1, -0.05) is 12.5 Å². The Morgan fingerprint density at radius 3 is 2.37 bits per heavy atom. The summed E-state index contributed by atoms with van der Waals surface area (Å²) in [5, 5.41) is 2.40. The number of amides is 1. The molecule has 27 heavy (non-hydrogen) atoms. The first kappa shape index (κ1) is 19.4. The number of halogens is 2. The molecule has 0 radical (unpaired) electrons. The molecular weight excluding hydrogens is 374 g/mol. The smallest absolute Gasteiger partial charge is 0.255 e. The van der Waals surface area contributed by atoms with E-state index < -0.39 is 32.5 Å². The molecule has 1 aliphatic rings. The molecule has 1 heterocycles. The predicted octanol–water partition coefficient (Wildman–Crippen LogP) is 3.70. The van der Waals surface area contributed by atoms with E-state index in [-0.39, 0.29) is 11.3 Å². The Kier molecular flexibility index (Phi) is 5.57. The quantitative estimate of drug-likeness (QED) is 0.860. The van der Waals surface area contributed by atoms with Crippen LogP contribution < -0.4 is 5.32 Å². The third kappa shape index (κ3) is 4.17. The Hall–Kier alpha value is -2.32. The summed E-state index contributed by atoms with van der Waals surface area (Å²) in [4.78, 5) is 11.9. The summed E-state index contributed by atoms with van der Waals surface area (Å²) in [6.07, 6.45) is 2.36. The van der Waals surface area contributed by atoms with Gasteiger partial charge >= 0.3 is 0 Å². The van der Waals surface area contributed by atoms with Crippen molar-refractivity contribution in [1.29, 1.82) is 0 Å². The first-order valence-corrected chi connectivity index (χ1v) is 10.1. The number of sulfonamides is 1. The summed E-state index contributed by atoms with van der Waals surface area (Å²) in [7, 11) is -4.03. The Morgan fingerprint density at radius 2 is 1.67 bits per heavy atom. The van der Waals surface area contributed by atoms with Crippen LogP contribution in [0.2, 0.25) is 0 Å². The maximum Gasteiger partial charge on any atom is 0.255 e. The fourth-order valence-electron chi connectivity index (χ4n) is 3.02. The lowest BCUT2D eigenvalue weighted by atomic mass is 10.2. The number of carbonyl (C=O) groups is 1. The Morgan fingerprint density at radius 1 is 1.00 bits per heavy atom. The molecule has 1 amide bonds. The van der Waals surface area contributed by atoms with Crippen molar-refractivity contribution in [3.05, 3.63) is 59.2 Å². The van der Waals surface area contributed by atoms with E-state index in [1.54, 1.807) is 13.0 Å². The van der Waals surface area contributed by atoms with E-state index in [4.69, 9.17) is 0 Å². The fraction of sp³-hybridized carbons (Fsp3) is 0.316. The van der Waals surface area contributed by atoms with Crippen LogP contribution in [0.15, 0.2) is 41.3 Å². The SMILES string of the molecule is Cc1ccc(F)c(NC(=O)c2ccc(F)c(S(=O)(=O)N3CCCCC3)c2)c1. The maximum absolute atomic E-state index is 14.2. The monoisotopic (exact) mass is 394 g/mol. The van der Waals surface area contributed by atoms with Crippen molar-refractivity contribution in [2.45, 2.75) is 31.1 Å². The lowest BCUT2D eigenvalue weighted by molar-refractivity contribution is 0.102. The average molecular weight is 394 g/mol. The van der Waals surface area contributed by atoms with Crippen LogP contribution in [0.1, 0.15) is 35.2 Å². The summed E-state index contributed by atoms with van der Waals surface area (Å²) >= 11 is 0. The molecule has 0 aromatic heterocycles. The summed E-state index contributed by atoms with van der Waals surface area (Å²) in [5.41, 5.74) is 0.664. The van der Waals surface area contributed by atoms with E-state index in [1.165, 1.54) is 22.5 Å². The zero-order valence-electron chi connectivity index (χ0n) is 14.8. The summed E-state index contributed by atoms with van der Waals surface area (Å²) in [5.74, 6) is -2.24. The van der Waals surface area contributed by atoms with E-state index in [0.29, 0.717) is 25.9 Å². The molecule has 5 nitrogen and oxygen atoms in total. The van der Waals surface area contributed by atoms with Crippen LogP contribution in [0.25, 0.3) is 0 Å². The minimum atomic E-state index is -4.03. The first-order valence-electron chi connectivity index (χ1n) is 8.66. The Labute approximate surface area is 157 Å². The van der Waals surface area contributed by atoms with Crippen LogP contribution in [0.3, 0.4) is 0 Å². The second-order valence-electron chi connectivity index (χ2n) is 6.55. The number of piperidine rings is 1. The van der Waals surface area contributed by atoms with Gasteiger partial charge in [0, 0.05) is 18.7 Å². The van der Waals surface area contributed by atoms with Crippen molar-refractivity contribution in [2.24, 2.45) is 0 Å². The summed E-state index contributed by atoms with van der Waals surface area (Å²) in [6.45, 7) is 2.40. The molecule has 0 aliphatic carbocycles. The molecule has 1 saturated heterocycles. The normalized spacial score (nSPS) is 15.5. The molecule has 2 aromatic rings. The first-order chi connectivity index (χ1) is 12.8. The Bertz CT molecular complexity index is 971. The van der Waals surface area contributed by atoms with Crippen molar-refractivity contribution in [2.75, 3.05) is 18.4 Å². The highest BCUT2D eigenvalue weighted by atomic mass is 32.2. The highest BCUT2D eigenvalue weighted by Gasteiger charge is 2.29. The van der Waals surface area contributed by atoms with Crippen LogP contribution in [0.4, 0.5) is 14.5 Å². The molecule has 2 aromatic carbocycles. The van der Waals surface area contributed by atoms with Gasteiger partial charge in [-0.05, 0) is 55.7 Å². The predicted molar refractivity (Wildman–Crippen MR) is 98.1 cm³/mol. The molecule has 8 heteroatoms. The van der Waals surface area contributed by atoms with Gasteiger partial charge in [-0.25, -0.2) is 17.2 Å². The molecule has 144 valence electrons. The molecule has 0 saturated carbocycles. The van der Waals surface area contributed by atoms with Gasteiger partial charge in [0.2, 0.25) is 10.0 Å². The molecular formula is C19H20F2N2O3S. The van der Waals surface area contributed by atoms with Gasteiger partial charge in [0.25, 0.3) is 5.91 Å². The summed E-state index contributed by atoms with van der Waals surface area (Å²) < 4.78 is 54.8. The zero-order valence-corrected chi connectivity index (χ0v) is 15.7. The highest BCUT2D eigenvalue weighted by Crippen LogP contribution is 2.25. The lowest BCUT2D eigenvalue weighted by Crippen LogP contribution is -2.36. The van der Waals surface area contributed by atoms with E-state index >= 15 is 0 Å². The standard InChI is InChI=1S/C19H20F2N2O3S/c1-13-5-7-15(20)17(11-13)22-19(24)14-6-8-16(21)18(12-14)27(25,26)23-9-3-2-4-10-23/h5-8,11-12H,2-4,9-10H2,1H3,(H,22,24). The van der Waals surface area contributed by atoms with Crippen LogP contribution in [0.5, 0.6) is 0 Å². The highest BCUT2D eigenvalue weighted by molar-refractivity contribution is 7.89. The van der Waals surface area contributed by atoms with Crippen molar-refractivity contribution >= 4 is 21.6 Å². The average Bonchev–Trinajstić information content (AvgIpc) is 2.65. The fourth-order valence-corrected chi connectivity index (χ4v) is 4.62. The maximum atomic E-state index is 14.2. The second kappa shape index (κ2) is 7.74. The second-order valence-corrected chi connectivity index (χ2v) is 8.45. The zero-order chi connectivity index (χ0) is 19.6. The van der Waals surface area contributed by atoms with E-state index in [2.05, 4.69) is 5.32 Å². The Balaban J connectivity index is 1.90. The van der Waals surface area contributed by atoms with Gasteiger partial charge in [0.1, 0.15) is 16.5 Å². The number of nitrogens with one attached hydrogen (secondary N) is 1. The van der Waals surface area contributed by atoms with E-state index in [9.17, 15) is 22.0 Å². The molecule has 1 aliphatic heterocycles. The molecule has 1 N–H and O–H groups in total. The van der Waals surface area contributed by atoms with Crippen molar-refractivity contribution in [3.8, 4) is 0 Å². The third-order valence-corrected chi connectivity index (χ3v) is 6.41. The van der Waals surface area contributed by atoms with Gasteiger partial charge in [-0.2, -0.15) is 4.31 Å². The van der Waals surface area contributed by atoms with Gasteiger partial charge in [-0.3, -0.25) is 4.79 Å². The van der Waals surface area contributed by atoms with Crippen LogP contribution in [-0.2, 0) is 10.0 Å². The van der Waals surface area contributed by atoms with E-state index in [1.807, 2.05) is 0 Å². The summed E-state index contributed by atoms with van der Waals surface area (Å²) in [6, 6.07) is 7.37. The topological polar surface area (TPSA) is 66.5 Å². The van der Waals surface area contributed by atoms with Crippen molar-refractivity contribution in [1.82, 2.24) is 4.31 Å². The van der Waals surface area contributed by atoms with Crippen LogP contribution in [-0.4, -0.2) is 31.7 Å². The van der Waals surface area contributed by atoms with Crippen molar-refractivity contribution in [3.63, 3.8) is 0 Å². The minimum Gasteiger partial charge on any atom is -0.319 e. The van der Waals surface area contributed by atoms with Gasteiger partial charge in [0.15, 0.2) is 0 Å². The van der Waals surface area contributed by atoms with E-state index in [0.717, 1.165) is 24.1 Å². The van der Waals surface area contributed by atoms with Gasteiger partial charge in [-0.15, -0.1) is 0 Å². The van der Waals surface area contributed by atoms with Crippen LogP contribution in [0, 0.1) is 18.6 Å². The third-order valence-electron chi connectivity index (χ3n) is 4.50. The number of anilines is 1. The number of benzene rings is 2. The molecule has 0 atom stereocenters. The van der Waals surface area contributed by atoms with Crippen LogP contribution >= 0.6 is 0 Å². The van der Waals surface area contributed by atoms with Crippen molar-refractivity contribution < 1.29 is 22.0 Å². The number of rotatable bonds is 4. The lowest BCUT2D eigenvalue weighted by Gasteiger charge is -2.26. The number of hydrogen-bond acceptors (Lipinski definition) is 3. The molecule has 3 rings (SSSR count). The number of hydrogen-bond donors (Lipinski definition) is 1. The minimum absolute atomic E-state index is 0.0234. The largest absolute Gasteiger partial charge is 0.319 e. The molecule has 0 unspecified atom stereocenters. The number of aryl methyl sites for hydroxylation is 1. The number of nitrogens with zero attached hydrogens (tertiary/aromatic N) is 1. The molecule has 0 bridgehead atoms. The van der Waals surface area contributed by atoms with Gasteiger partial charge in [0.05, 0.1) is 5.69 Å². The molecule has 0 spiro atoms. The molecule has 1 fully saturated rings. The van der Waals surface area contributed by atoms with Gasteiger partial charge < -0.3 is 5.32 Å². The number of carbonyl (C=O) groups excluding carboxylic acids is 1.